The van der Waals surface area contributed by atoms with Gasteiger partial charge in [0.15, 0.2) is 0 Å². The minimum atomic E-state index is -4.72. The molecule has 0 bridgehead atoms. The Morgan fingerprint density at radius 3 is 2.35 bits per heavy atom. The highest BCUT2D eigenvalue weighted by Gasteiger charge is 2.38. The summed E-state index contributed by atoms with van der Waals surface area (Å²) in [4.78, 5) is 27.7. The molecule has 1 saturated heterocycles. The molecule has 11 heteroatoms. The van der Waals surface area contributed by atoms with Gasteiger partial charge in [0.25, 0.3) is 0 Å². The first-order valence-electron chi connectivity index (χ1n) is 7.44. The zero-order valence-corrected chi connectivity index (χ0v) is 13.2. The lowest BCUT2D eigenvalue weighted by atomic mass is 10.1. The Morgan fingerprint density at radius 2 is 1.88 bits per heavy atom. The molecular weight excluding hydrogens is 357 g/mol. The first-order chi connectivity index (χ1) is 12.3. The number of alkyl halides is 3. The summed E-state index contributed by atoms with van der Waals surface area (Å²) < 4.78 is 46.7. The van der Waals surface area contributed by atoms with Crippen molar-refractivity contribution in [3.8, 4) is 11.4 Å². The molecule has 1 aliphatic heterocycles. The highest BCUT2D eigenvalue weighted by atomic mass is 19.4. The maximum absolute atomic E-state index is 12.5. The van der Waals surface area contributed by atoms with Crippen molar-refractivity contribution in [3.05, 3.63) is 35.7 Å². The molecule has 3 rings (SSSR count). The minimum Gasteiger partial charge on any atom is -0.377 e. The summed E-state index contributed by atoms with van der Waals surface area (Å²) in [6.45, 7) is 0.719. The zero-order chi connectivity index (χ0) is 18.9. The van der Waals surface area contributed by atoms with Gasteiger partial charge in [0, 0.05) is 12.1 Å². The van der Waals surface area contributed by atoms with Crippen molar-refractivity contribution in [1.29, 1.82) is 0 Å². The number of ether oxygens (including phenoxy) is 1. The molecule has 2 N–H and O–H groups in total. The van der Waals surface area contributed by atoms with Crippen LogP contribution in [0.2, 0.25) is 0 Å². The quantitative estimate of drug-likeness (QED) is 0.803. The SMILES string of the molecule is NC(=O)C(=O)N(Cc1ccc(-c2noc(C(F)(F)F)n2)cc1)C1COC1. The van der Waals surface area contributed by atoms with Gasteiger partial charge in [0.2, 0.25) is 5.82 Å². The molecule has 1 aromatic carbocycles. The third kappa shape index (κ3) is 3.67. The smallest absolute Gasteiger partial charge is 0.377 e. The Kier molecular flexibility index (Phi) is 4.64. The molecule has 0 unspecified atom stereocenters. The molecule has 8 nitrogen and oxygen atoms in total. The van der Waals surface area contributed by atoms with Gasteiger partial charge < -0.3 is 19.9 Å². The van der Waals surface area contributed by atoms with Crippen LogP contribution in [-0.4, -0.2) is 46.1 Å². The van der Waals surface area contributed by atoms with Crippen molar-refractivity contribution in [2.45, 2.75) is 18.8 Å². The molecule has 2 aromatic rings. The number of halogens is 3. The van der Waals surface area contributed by atoms with Crippen LogP contribution in [0.3, 0.4) is 0 Å². The second kappa shape index (κ2) is 6.75. The summed E-state index contributed by atoms with van der Waals surface area (Å²) in [7, 11) is 0. The van der Waals surface area contributed by atoms with Gasteiger partial charge in [-0.25, -0.2) is 0 Å². The fourth-order valence-electron chi connectivity index (χ4n) is 2.32. The number of rotatable bonds is 4. The van der Waals surface area contributed by atoms with E-state index in [1.54, 1.807) is 12.1 Å². The average molecular weight is 370 g/mol. The summed E-state index contributed by atoms with van der Waals surface area (Å²) in [5.41, 5.74) is 6.02. The largest absolute Gasteiger partial charge is 0.471 e. The van der Waals surface area contributed by atoms with Crippen LogP contribution in [0.4, 0.5) is 13.2 Å². The van der Waals surface area contributed by atoms with E-state index in [1.807, 2.05) is 0 Å². The van der Waals surface area contributed by atoms with E-state index in [9.17, 15) is 22.8 Å². The maximum Gasteiger partial charge on any atom is 0.471 e. The van der Waals surface area contributed by atoms with E-state index >= 15 is 0 Å². The Morgan fingerprint density at radius 1 is 1.23 bits per heavy atom. The Balaban J connectivity index is 1.75. The lowest BCUT2D eigenvalue weighted by Gasteiger charge is -2.36. The standard InChI is InChI=1S/C15H13F3N4O4/c16-15(17,18)14-20-12(21-26-14)9-3-1-8(2-4-9)5-22(10-6-25-7-10)13(24)11(19)23/h1-4,10H,5-7H2,(H2,19,23). The van der Waals surface area contributed by atoms with Crippen molar-refractivity contribution in [2.75, 3.05) is 13.2 Å². The Hall–Kier alpha value is -2.95. The van der Waals surface area contributed by atoms with Gasteiger partial charge in [-0.2, -0.15) is 18.2 Å². The molecule has 0 aliphatic carbocycles. The van der Waals surface area contributed by atoms with Gasteiger partial charge in [-0.3, -0.25) is 9.59 Å². The number of primary amides is 1. The summed E-state index contributed by atoms with van der Waals surface area (Å²) >= 11 is 0. The van der Waals surface area contributed by atoms with Crippen LogP contribution in [0.25, 0.3) is 11.4 Å². The van der Waals surface area contributed by atoms with Crippen molar-refractivity contribution in [2.24, 2.45) is 5.73 Å². The van der Waals surface area contributed by atoms with Gasteiger partial charge >= 0.3 is 23.9 Å². The molecule has 0 spiro atoms. The van der Waals surface area contributed by atoms with Gasteiger partial charge in [-0.1, -0.05) is 29.4 Å². The van der Waals surface area contributed by atoms with E-state index in [2.05, 4.69) is 14.7 Å². The highest BCUT2D eigenvalue weighted by molar-refractivity contribution is 6.34. The fraction of sp³-hybridized carbons (Fsp3) is 0.333. The number of carbonyl (C=O) groups excluding carboxylic acids is 2. The molecule has 0 atom stereocenters. The zero-order valence-electron chi connectivity index (χ0n) is 13.2. The second-order valence-electron chi connectivity index (χ2n) is 5.61. The van der Waals surface area contributed by atoms with Crippen LogP contribution in [0.1, 0.15) is 11.5 Å². The number of nitrogens with two attached hydrogens (primary N) is 1. The van der Waals surface area contributed by atoms with Gasteiger partial charge in [0.05, 0.1) is 19.3 Å². The molecule has 1 aliphatic rings. The van der Waals surface area contributed by atoms with Gasteiger partial charge in [0.1, 0.15) is 0 Å². The van der Waals surface area contributed by atoms with E-state index in [0.29, 0.717) is 24.3 Å². The average Bonchev–Trinajstić information content (AvgIpc) is 3.02. The molecule has 0 saturated carbocycles. The third-order valence-electron chi connectivity index (χ3n) is 3.77. The van der Waals surface area contributed by atoms with E-state index in [-0.39, 0.29) is 18.4 Å². The van der Waals surface area contributed by atoms with Crippen LogP contribution in [0.5, 0.6) is 0 Å². The molecule has 26 heavy (non-hydrogen) atoms. The van der Waals surface area contributed by atoms with Crippen LogP contribution in [0.15, 0.2) is 28.8 Å². The van der Waals surface area contributed by atoms with Crippen molar-refractivity contribution >= 4 is 11.8 Å². The van der Waals surface area contributed by atoms with Gasteiger partial charge in [-0.05, 0) is 5.56 Å². The predicted molar refractivity (Wildman–Crippen MR) is 79.1 cm³/mol. The first kappa shape index (κ1) is 17.9. The minimum absolute atomic E-state index is 0.107. The van der Waals surface area contributed by atoms with E-state index in [1.165, 1.54) is 17.0 Å². The lowest BCUT2D eigenvalue weighted by molar-refractivity contribution is -0.159. The monoisotopic (exact) mass is 370 g/mol. The van der Waals surface area contributed by atoms with Crippen LogP contribution >= 0.6 is 0 Å². The number of amides is 2. The molecular formula is C15H13F3N4O4. The number of carbonyl (C=O) groups is 2. The molecule has 2 heterocycles. The number of nitrogens with zero attached hydrogens (tertiary/aromatic N) is 3. The highest BCUT2D eigenvalue weighted by Crippen LogP contribution is 2.29. The number of benzene rings is 1. The predicted octanol–water partition coefficient (Wildman–Crippen LogP) is 0.968. The van der Waals surface area contributed by atoms with E-state index in [4.69, 9.17) is 10.5 Å². The second-order valence-corrected chi connectivity index (χ2v) is 5.61. The summed E-state index contributed by atoms with van der Waals surface area (Å²) in [6, 6.07) is 5.90. The van der Waals surface area contributed by atoms with Crippen molar-refractivity contribution in [1.82, 2.24) is 15.0 Å². The van der Waals surface area contributed by atoms with E-state index in [0.717, 1.165) is 0 Å². The topological polar surface area (TPSA) is 112 Å². The summed E-state index contributed by atoms with van der Waals surface area (Å²) in [5, 5.41) is 3.30. The normalized spacial score (nSPS) is 14.7. The Labute approximate surface area is 144 Å². The van der Waals surface area contributed by atoms with Gasteiger partial charge in [-0.15, -0.1) is 0 Å². The van der Waals surface area contributed by atoms with Crippen molar-refractivity contribution in [3.63, 3.8) is 0 Å². The van der Waals surface area contributed by atoms with Crippen LogP contribution in [-0.2, 0) is 27.0 Å². The molecule has 2 amide bonds. The van der Waals surface area contributed by atoms with Crippen LogP contribution in [0, 0.1) is 0 Å². The Bertz CT molecular complexity index is 815. The maximum atomic E-state index is 12.5. The molecule has 0 radical (unpaired) electrons. The molecule has 1 fully saturated rings. The molecule has 138 valence electrons. The number of hydrogen-bond acceptors (Lipinski definition) is 6. The van der Waals surface area contributed by atoms with Crippen LogP contribution < -0.4 is 5.73 Å². The summed E-state index contributed by atoms with van der Waals surface area (Å²) in [6.07, 6.45) is -4.72. The van der Waals surface area contributed by atoms with E-state index < -0.39 is 23.9 Å². The van der Waals surface area contributed by atoms with Crippen molar-refractivity contribution < 1.29 is 32.0 Å². The lowest BCUT2D eigenvalue weighted by Crippen LogP contribution is -2.54. The number of aromatic nitrogens is 2. The summed E-state index contributed by atoms with van der Waals surface area (Å²) in [5.74, 6) is -3.53. The number of hydrogen-bond donors (Lipinski definition) is 1. The third-order valence-corrected chi connectivity index (χ3v) is 3.77. The fourth-order valence-corrected chi connectivity index (χ4v) is 2.32. The molecule has 1 aromatic heterocycles. The first-order valence-corrected chi connectivity index (χ1v) is 7.44.